The van der Waals surface area contributed by atoms with Gasteiger partial charge >= 0.3 is 0 Å². The third-order valence-electron chi connectivity index (χ3n) is 3.84. The third kappa shape index (κ3) is 2.91. The minimum atomic E-state index is 0.783. The quantitative estimate of drug-likeness (QED) is 0.903. The van der Waals surface area contributed by atoms with Crippen molar-refractivity contribution >= 4 is 23.0 Å². The van der Waals surface area contributed by atoms with Gasteiger partial charge in [0.15, 0.2) is 0 Å². The van der Waals surface area contributed by atoms with E-state index >= 15 is 0 Å². The van der Waals surface area contributed by atoms with Crippen molar-refractivity contribution < 1.29 is 0 Å². The topological polar surface area (TPSA) is 15.3 Å². The molecule has 0 aliphatic carbocycles. The van der Waals surface area contributed by atoms with Crippen molar-refractivity contribution in [3.63, 3.8) is 0 Å². The zero-order valence-corrected chi connectivity index (χ0v) is 12.5. The number of benzene rings is 2. The third-order valence-corrected chi connectivity index (χ3v) is 4.09. The minimum Gasteiger partial charge on any atom is -0.381 e. The maximum Gasteiger partial charge on any atom is 0.0406 e. The fourth-order valence-corrected chi connectivity index (χ4v) is 2.83. The van der Waals surface area contributed by atoms with Crippen LogP contribution in [-0.4, -0.2) is 13.6 Å². The molecule has 0 radical (unpaired) electrons. The van der Waals surface area contributed by atoms with E-state index in [2.05, 4.69) is 47.6 Å². The molecule has 0 atom stereocenters. The summed E-state index contributed by atoms with van der Waals surface area (Å²) >= 11 is 5.90. The Morgan fingerprint density at radius 3 is 2.75 bits per heavy atom. The number of hydrogen-bond donors (Lipinski definition) is 1. The molecular formula is C17H19ClN2. The normalized spacial score (nSPS) is 14.0. The fourth-order valence-electron chi connectivity index (χ4n) is 2.70. The summed E-state index contributed by atoms with van der Waals surface area (Å²) in [5.74, 6) is 0. The highest BCUT2D eigenvalue weighted by molar-refractivity contribution is 6.30. The molecule has 3 heteroatoms. The molecule has 1 aliphatic rings. The average Bonchev–Trinajstić information content (AvgIpc) is 2.47. The second-order valence-corrected chi connectivity index (χ2v) is 5.79. The summed E-state index contributed by atoms with van der Waals surface area (Å²) < 4.78 is 0. The van der Waals surface area contributed by atoms with Gasteiger partial charge in [0.1, 0.15) is 0 Å². The van der Waals surface area contributed by atoms with Crippen LogP contribution in [0.5, 0.6) is 0 Å². The van der Waals surface area contributed by atoms with E-state index in [1.165, 1.54) is 35.3 Å². The molecule has 3 rings (SSSR count). The van der Waals surface area contributed by atoms with Crippen LogP contribution in [0.3, 0.4) is 0 Å². The average molecular weight is 287 g/mol. The first kappa shape index (κ1) is 13.3. The van der Waals surface area contributed by atoms with Crippen LogP contribution in [-0.2, 0) is 13.0 Å². The van der Waals surface area contributed by atoms with Crippen molar-refractivity contribution in [2.75, 3.05) is 23.8 Å². The Balaban J connectivity index is 1.70. The summed E-state index contributed by atoms with van der Waals surface area (Å²) in [5.41, 5.74) is 5.24. The van der Waals surface area contributed by atoms with Crippen LogP contribution >= 0.6 is 11.6 Å². The van der Waals surface area contributed by atoms with E-state index in [9.17, 15) is 0 Å². The zero-order chi connectivity index (χ0) is 13.9. The van der Waals surface area contributed by atoms with Crippen molar-refractivity contribution in [2.45, 2.75) is 19.4 Å². The lowest BCUT2D eigenvalue weighted by Crippen LogP contribution is -2.24. The van der Waals surface area contributed by atoms with Gasteiger partial charge in [-0.15, -0.1) is 0 Å². The number of fused-ring (bicyclic) bond motifs is 1. The Kier molecular flexibility index (Phi) is 3.83. The lowest BCUT2D eigenvalue weighted by Gasteiger charge is -2.28. The molecule has 0 saturated carbocycles. The van der Waals surface area contributed by atoms with Gasteiger partial charge in [-0.3, -0.25) is 0 Å². The van der Waals surface area contributed by atoms with E-state index in [1.54, 1.807) is 0 Å². The SMILES string of the molecule is CN1CCCc2cc(NCc3ccc(Cl)cc3)ccc21. The van der Waals surface area contributed by atoms with E-state index < -0.39 is 0 Å². The molecule has 0 unspecified atom stereocenters. The smallest absolute Gasteiger partial charge is 0.0406 e. The minimum absolute atomic E-state index is 0.783. The van der Waals surface area contributed by atoms with Crippen LogP contribution in [0.25, 0.3) is 0 Å². The van der Waals surface area contributed by atoms with E-state index in [0.29, 0.717) is 0 Å². The van der Waals surface area contributed by atoms with Crippen LogP contribution in [0.15, 0.2) is 42.5 Å². The number of nitrogens with one attached hydrogen (secondary N) is 1. The van der Waals surface area contributed by atoms with Crippen molar-refractivity contribution in [2.24, 2.45) is 0 Å². The summed E-state index contributed by atoms with van der Waals surface area (Å²) in [5, 5.41) is 4.27. The summed E-state index contributed by atoms with van der Waals surface area (Å²) in [7, 11) is 2.17. The zero-order valence-electron chi connectivity index (χ0n) is 11.7. The molecule has 20 heavy (non-hydrogen) atoms. The van der Waals surface area contributed by atoms with Gasteiger partial charge in [0.05, 0.1) is 0 Å². The Labute approximate surface area is 125 Å². The monoisotopic (exact) mass is 286 g/mol. The molecule has 2 aromatic carbocycles. The summed E-state index contributed by atoms with van der Waals surface area (Å²) in [4.78, 5) is 2.34. The molecule has 104 valence electrons. The van der Waals surface area contributed by atoms with E-state index in [0.717, 1.165) is 18.1 Å². The largest absolute Gasteiger partial charge is 0.381 e. The van der Waals surface area contributed by atoms with Crippen molar-refractivity contribution in [1.29, 1.82) is 0 Å². The molecule has 1 N–H and O–H groups in total. The predicted octanol–water partition coefficient (Wildman–Crippen LogP) is 4.33. The molecule has 2 nitrogen and oxygen atoms in total. The van der Waals surface area contributed by atoms with Gasteiger partial charge < -0.3 is 10.2 Å². The molecule has 0 bridgehead atoms. The first-order chi connectivity index (χ1) is 9.72. The molecule has 1 aliphatic heterocycles. The molecule has 0 fully saturated rings. The molecule has 0 saturated heterocycles. The predicted molar refractivity (Wildman–Crippen MR) is 86.8 cm³/mol. The standard InChI is InChI=1S/C17H19ClN2/c1-20-10-2-3-14-11-16(8-9-17(14)20)19-12-13-4-6-15(18)7-5-13/h4-9,11,19H,2-3,10,12H2,1H3. The highest BCUT2D eigenvalue weighted by Gasteiger charge is 2.13. The molecule has 0 amide bonds. The molecular weight excluding hydrogens is 268 g/mol. The number of aryl methyl sites for hydroxylation is 1. The molecule has 1 heterocycles. The summed E-state index contributed by atoms with van der Waals surface area (Å²) in [6, 6.07) is 14.6. The van der Waals surface area contributed by atoms with E-state index in [1.807, 2.05) is 12.1 Å². The Bertz CT molecular complexity index is 592. The van der Waals surface area contributed by atoms with Crippen LogP contribution in [0.4, 0.5) is 11.4 Å². The highest BCUT2D eigenvalue weighted by atomic mass is 35.5. The van der Waals surface area contributed by atoms with Crippen LogP contribution in [0.2, 0.25) is 5.02 Å². The second kappa shape index (κ2) is 5.76. The summed E-state index contributed by atoms with van der Waals surface area (Å²) in [6.07, 6.45) is 2.42. The van der Waals surface area contributed by atoms with Gasteiger partial charge in [0.25, 0.3) is 0 Å². The number of hydrogen-bond acceptors (Lipinski definition) is 2. The van der Waals surface area contributed by atoms with Crippen molar-refractivity contribution in [1.82, 2.24) is 0 Å². The number of nitrogens with zero attached hydrogens (tertiary/aromatic N) is 1. The maximum atomic E-state index is 5.90. The van der Waals surface area contributed by atoms with Gasteiger partial charge in [-0.1, -0.05) is 23.7 Å². The van der Waals surface area contributed by atoms with Crippen molar-refractivity contribution in [3.05, 3.63) is 58.6 Å². The maximum absolute atomic E-state index is 5.90. The van der Waals surface area contributed by atoms with Gasteiger partial charge in [-0.25, -0.2) is 0 Å². The summed E-state index contributed by atoms with van der Waals surface area (Å²) in [6.45, 7) is 1.98. The Morgan fingerprint density at radius 1 is 1.15 bits per heavy atom. The highest BCUT2D eigenvalue weighted by Crippen LogP contribution is 2.28. The first-order valence-electron chi connectivity index (χ1n) is 7.05. The molecule has 0 aromatic heterocycles. The van der Waals surface area contributed by atoms with Crippen molar-refractivity contribution in [3.8, 4) is 0 Å². The first-order valence-corrected chi connectivity index (χ1v) is 7.42. The lowest BCUT2D eigenvalue weighted by atomic mass is 10.0. The van der Waals surface area contributed by atoms with Gasteiger partial charge in [-0.2, -0.15) is 0 Å². The number of rotatable bonds is 3. The second-order valence-electron chi connectivity index (χ2n) is 5.35. The fraction of sp³-hybridized carbons (Fsp3) is 0.294. The Hall–Kier alpha value is -1.67. The number of halogens is 1. The van der Waals surface area contributed by atoms with E-state index in [-0.39, 0.29) is 0 Å². The Morgan fingerprint density at radius 2 is 1.95 bits per heavy atom. The van der Waals surface area contributed by atoms with E-state index in [4.69, 9.17) is 11.6 Å². The molecule has 2 aromatic rings. The van der Waals surface area contributed by atoms with Gasteiger partial charge in [-0.05, 0) is 54.3 Å². The molecule has 0 spiro atoms. The number of anilines is 2. The van der Waals surface area contributed by atoms with Crippen LogP contribution in [0, 0.1) is 0 Å². The van der Waals surface area contributed by atoms with Gasteiger partial charge in [0, 0.05) is 36.5 Å². The van der Waals surface area contributed by atoms with Crippen LogP contribution in [0.1, 0.15) is 17.5 Å². The van der Waals surface area contributed by atoms with Crippen LogP contribution < -0.4 is 10.2 Å². The lowest BCUT2D eigenvalue weighted by molar-refractivity contribution is 0.744. The van der Waals surface area contributed by atoms with Gasteiger partial charge in [0.2, 0.25) is 0 Å².